The van der Waals surface area contributed by atoms with E-state index in [1.165, 1.54) is 0 Å². The number of nitrogens with zero attached hydrogens (tertiary/aromatic N) is 2. The summed E-state index contributed by atoms with van der Waals surface area (Å²) in [5, 5.41) is 9.52. The maximum absolute atomic E-state index is 12.1. The maximum atomic E-state index is 12.1. The van der Waals surface area contributed by atoms with Gasteiger partial charge in [-0.3, -0.25) is 4.79 Å². The van der Waals surface area contributed by atoms with Crippen LogP contribution in [0.3, 0.4) is 0 Å². The van der Waals surface area contributed by atoms with Gasteiger partial charge in [0, 0.05) is 18.0 Å². The monoisotopic (exact) mass is 352 g/mol. The fourth-order valence-electron chi connectivity index (χ4n) is 3.44. The van der Waals surface area contributed by atoms with Crippen molar-refractivity contribution in [2.24, 2.45) is 0 Å². The summed E-state index contributed by atoms with van der Waals surface area (Å²) in [6.07, 6.45) is 2.01. The van der Waals surface area contributed by atoms with Crippen LogP contribution in [-0.4, -0.2) is 27.2 Å². The Morgan fingerprint density at radius 3 is 3.00 bits per heavy atom. The molecule has 0 saturated carbocycles. The third-order valence-corrected chi connectivity index (χ3v) is 4.77. The van der Waals surface area contributed by atoms with Crippen LogP contribution in [0.25, 0.3) is 16.6 Å². The summed E-state index contributed by atoms with van der Waals surface area (Å²) in [5.74, 6) is 0.328. The number of fused-ring (bicyclic) bond motifs is 3. The van der Waals surface area contributed by atoms with E-state index in [1.807, 2.05) is 22.7 Å². The van der Waals surface area contributed by atoms with Crippen LogP contribution >= 0.6 is 24.0 Å². The van der Waals surface area contributed by atoms with Crippen LogP contribution in [0.2, 0.25) is 5.02 Å². The van der Waals surface area contributed by atoms with Crippen molar-refractivity contribution in [3.05, 3.63) is 45.3 Å². The second kappa shape index (κ2) is 6.15. The number of benzene rings is 1. The molecule has 122 valence electrons. The van der Waals surface area contributed by atoms with Gasteiger partial charge >= 0.3 is 0 Å². The Bertz CT molecular complexity index is 917. The molecule has 0 bridgehead atoms. The van der Waals surface area contributed by atoms with Crippen molar-refractivity contribution < 1.29 is 0 Å². The molecule has 2 aromatic heterocycles. The zero-order chi connectivity index (χ0) is 15.3. The van der Waals surface area contributed by atoms with E-state index in [0.717, 1.165) is 36.0 Å². The smallest absolute Gasteiger partial charge is 0.251 e. The zero-order valence-corrected chi connectivity index (χ0v) is 14.2. The minimum absolute atomic E-state index is 0. The number of hydrogen-bond acceptors (Lipinski definition) is 3. The average molecular weight is 353 g/mol. The normalized spacial score (nSPS) is 21.5. The number of H-pyrrole nitrogens is 1. The molecule has 1 aliphatic rings. The molecule has 3 aromatic rings. The van der Waals surface area contributed by atoms with Crippen LogP contribution in [0.5, 0.6) is 0 Å². The number of rotatable bonds is 1. The van der Waals surface area contributed by atoms with Crippen molar-refractivity contribution in [3.8, 4) is 0 Å². The number of aromatic amines is 1. The van der Waals surface area contributed by atoms with Crippen molar-refractivity contribution in [1.82, 2.24) is 19.9 Å². The molecule has 1 fully saturated rings. The van der Waals surface area contributed by atoms with Crippen LogP contribution in [0.15, 0.2) is 29.1 Å². The number of aromatic nitrogens is 3. The van der Waals surface area contributed by atoms with Crippen LogP contribution in [0.4, 0.5) is 0 Å². The number of nitrogens with one attached hydrogen (secondary N) is 2. The average Bonchev–Trinajstić information content (AvgIpc) is 2.86. The van der Waals surface area contributed by atoms with Crippen LogP contribution in [-0.2, 0) is 0 Å². The summed E-state index contributed by atoms with van der Waals surface area (Å²) >= 11 is 6.31. The third-order valence-electron chi connectivity index (χ3n) is 4.46. The van der Waals surface area contributed by atoms with Gasteiger partial charge < -0.3 is 10.3 Å². The van der Waals surface area contributed by atoms with Gasteiger partial charge in [0.05, 0.1) is 21.6 Å². The van der Waals surface area contributed by atoms with E-state index in [9.17, 15) is 4.79 Å². The van der Waals surface area contributed by atoms with Crippen LogP contribution < -0.4 is 10.9 Å². The first-order valence-corrected chi connectivity index (χ1v) is 7.95. The van der Waals surface area contributed by atoms with Crippen LogP contribution in [0.1, 0.15) is 31.4 Å². The summed E-state index contributed by atoms with van der Waals surface area (Å²) < 4.78 is 1.86. The van der Waals surface area contributed by atoms with Gasteiger partial charge in [-0.2, -0.15) is 5.10 Å². The quantitative estimate of drug-likeness (QED) is 0.707. The molecular formula is C16H18Cl2N4O. The Morgan fingerprint density at radius 2 is 2.22 bits per heavy atom. The van der Waals surface area contributed by atoms with E-state index in [2.05, 4.69) is 22.3 Å². The highest BCUT2D eigenvalue weighted by Crippen LogP contribution is 2.31. The minimum Gasteiger partial charge on any atom is -0.314 e. The first kappa shape index (κ1) is 16.3. The molecule has 23 heavy (non-hydrogen) atoms. The number of piperidine rings is 1. The molecule has 1 aliphatic heterocycles. The summed E-state index contributed by atoms with van der Waals surface area (Å²) in [5.41, 5.74) is 2.36. The molecule has 4 rings (SSSR count). The summed E-state index contributed by atoms with van der Waals surface area (Å²) in [7, 11) is 0. The predicted octanol–water partition coefficient (Wildman–Crippen LogP) is 3.11. The predicted molar refractivity (Wildman–Crippen MR) is 95.0 cm³/mol. The molecule has 0 amide bonds. The molecule has 3 heterocycles. The largest absolute Gasteiger partial charge is 0.314 e. The van der Waals surface area contributed by atoms with Gasteiger partial charge in [-0.05, 0) is 38.4 Å². The summed E-state index contributed by atoms with van der Waals surface area (Å²) in [6.45, 7) is 3.13. The Morgan fingerprint density at radius 1 is 1.39 bits per heavy atom. The standard InChI is InChI=1S/C16H17ClN4O.ClH/c1-9-7-10(5-6-18-9)13-8-14(22)19-16-15-11(17)3-2-4-12(15)20-21(13)16;/h2-4,8-10,18H,5-7H2,1H3,(H,19,22);1H/t9-,10+;/m1./s1. The molecule has 0 unspecified atom stereocenters. The van der Waals surface area contributed by atoms with Gasteiger partial charge in [0.15, 0.2) is 0 Å². The van der Waals surface area contributed by atoms with Crippen molar-refractivity contribution in [2.75, 3.05) is 6.54 Å². The maximum Gasteiger partial charge on any atom is 0.251 e. The Balaban J connectivity index is 0.00000156. The van der Waals surface area contributed by atoms with Gasteiger partial charge in [0.2, 0.25) is 0 Å². The molecule has 2 atom stereocenters. The summed E-state index contributed by atoms with van der Waals surface area (Å²) in [4.78, 5) is 15.0. The lowest BCUT2D eigenvalue weighted by Crippen LogP contribution is -2.35. The Hall–Kier alpha value is -1.56. The number of hydrogen-bond donors (Lipinski definition) is 2. The molecule has 2 N–H and O–H groups in total. The molecule has 5 nitrogen and oxygen atoms in total. The molecule has 0 aliphatic carbocycles. The van der Waals surface area contributed by atoms with E-state index in [0.29, 0.717) is 22.6 Å². The van der Waals surface area contributed by atoms with Crippen LogP contribution in [0, 0.1) is 0 Å². The van der Waals surface area contributed by atoms with Gasteiger partial charge in [0.1, 0.15) is 5.65 Å². The lowest BCUT2D eigenvalue weighted by molar-refractivity contribution is 0.372. The second-order valence-corrected chi connectivity index (χ2v) is 6.44. The van der Waals surface area contributed by atoms with E-state index >= 15 is 0 Å². The molecule has 1 aromatic carbocycles. The summed E-state index contributed by atoms with van der Waals surface area (Å²) in [6, 6.07) is 7.74. The highest BCUT2D eigenvalue weighted by molar-refractivity contribution is 6.36. The van der Waals surface area contributed by atoms with Crippen molar-refractivity contribution >= 4 is 40.6 Å². The van der Waals surface area contributed by atoms with Gasteiger partial charge in [0.25, 0.3) is 5.56 Å². The third kappa shape index (κ3) is 2.73. The second-order valence-electron chi connectivity index (χ2n) is 6.03. The zero-order valence-electron chi connectivity index (χ0n) is 12.7. The highest BCUT2D eigenvalue weighted by atomic mass is 35.5. The van der Waals surface area contributed by atoms with Gasteiger partial charge in [-0.25, -0.2) is 4.52 Å². The lowest BCUT2D eigenvalue weighted by atomic mass is 9.90. The van der Waals surface area contributed by atoms with Gasteiger partial charge in [-0.15, -0.1) is 12.4 Å². The lowest BCUT2D eigenvalue weighted by Gasteiger charge is -2.28. The van der Waals surface area contributed by atoms with Crippen molar-refractivity contribution in [1.29, 1.82) is 0 Å². The van der Waals surface area contributed by atoms with E-state index < -0.39 is 0 Å². The molecular weight excluding hydrogens is 335 g/mol. The molecule has 0 spiro atoms. The van der Waals surface area contributed by atoms with Crippen molar-refractivity contribution in [2.45, 2.75) is 31.7 Å². The molecule has 1 saturated heterocycles. The highest BCUT2D eigenvalue weighted by Gasteiger charge is 2.24. The minimum atomic E-state index is -0.101. The van der Waals surface area contributed by atoms with E-state index in [-0.39, 0.29) is 18.0 Å². The van der Waals surface area contributed by atoms with Crippen molar-refractivity contribution in [3.63, 3.8) is 0 Å². The Labute approximate surface area is 144 Å². The molecule has 7 heteroatoms. The topological polar surface area (TPSA) is 62.2 Å². The van der Waals surface area contributed by atoms with Gasteiger partial charge in [-0.1, -0.05) is 17.7 Å². The Kier molecular flexibility index (Phi) is 4.36. The SMILES string of the molecule is C[C@@H]1C[C@@H](c2cc(=O)[nH]c3c4c(Cl)cccc4nn23)CCN1.Cl. The fourth-order valence-corrected chi connectivity index (χ4v) is 3.70. The number of halogens is 2. The molecule has 0 radical (unpaired) electrons. The van der Waals surface area contributed by atoms with E-state index in [1.54, 1.807) is 6.07 Å². The first-order valence-electron chi connectivity index (χ1n) is 7.57. The first-order chi connectivity index (χ1) is 10.6. The van der Waals surface area contributed by atoms with E-state index in [4.69, 9.17) is 11.6 Å². The fraction of sp³-hybridized carbons (Fsp3) is 0.375.